The van der Waals surface area contributed by atoms with Gasteiger partial charge in [-0.25, -0.2) is 8.78 Å². The molecule has 2 fully saturated rings. The summed E-state index contributed by atoms with van der Waals surface area (Å²) < 4.78 is 28.4. The monoisotopic (exact) mass is 562 g/mol. The largest absolute Gasteiger partial charge is 0.379 e. The fraction of sp³-hybridized carbons (Fsp3) is 0.462. The number of aromatic nitrogens is 3. The van der Waals surface area contributed by atoms with E-state index >= 15 is 0 Å². The van der Waals surface area contributed by atoms with Crippen molar-refractivity contribution in [2.45, 2.75) is 57.5 Å². The van der Waals surface area contributed by atoms with Crippen LogP contribution in [0, 0.1) is 18.3 Å². The van der Waals surface area contributed by atoms with Crippen molar-refractivity contribution in [1.29, 1.82) is 0 Å². The van der Waals surface area contributed by atoms with Crippen molar-refractivity contribution in [2.75, 3.05) is 10.6 Å². The summed E-state index contributed by atoms with van der Waals surface area (Å²) >= 11 is 7.36. The molecule has 0 radical (unpaired) electrons. The van der Waals surface area contributed by atoms with Gasteiger partial charge in [0.1, 0.15) is 6.04 Å². The van der Waals surface area contributed by atoms with Crippen molar-refractivity contribution in [3.05, 3.63) is 57.3 Å². The molecule has 5 rings (SSSR count). The molecule has 2 amide bonds. The number of nitrogens with one attached hydrogen (secondary N) is 3. The second kappa shape index (κ2) is 10.3. The molecule has 0 aromatic carbocycles. The van der Waals surface area contributed by atoms with Crippen LogP contribution < -0.4 is 16.0 Å². The molecule has 0 saturated heterocycles. The van der Waals surface area contributed by atoms with Gasteiger partial charge in [0.05, 0.1) is 33.2 Å². The second-order valence-corrected chi connectivity index (χ2v) is 12.1. The van der Waals surface area contributed by atoms with E-state index < -0.39 is 12.0 Å². The molecule has 12 heteroatoms. The van der Waals surface area contributed by atoms with Crippen molar-refractivity contribution in [2.24, 2.45) is 18.4 Å². The molecule has 3 aromatic rings. The zero-order chi connectivity index (χ0) is 27.1. The summed E-state index contributed by atoms with van der Waals surface area (Å²) in [4.78, 5) is 31.9. The predicted octanol–water partition coefficient (Wildman–Crippen LogP) is 5.40. The Morgan fingerprint density at radius 1 is 1.26 bits per heavy atom. The normalized spacial score (nSPS) is 18.3. The van der Waals surface area contributed by atoms with Crippen molar-refractivity contribution < 1.29 is 18.4 Å². The first kappa shape index (κ1) is 26.6. The number of aryl methyl sites for hydroxylation is 2. The first-order valence-electron chi connectivity index (χ1n) is 12.4. The molecule has 3 heterocycles. The van der Waals surface area contributed by atoms with E-state index in [2.05, 4.69) is 26.0 Å². The molecule has 1 spiro atoms. The molecular weight excluding hydrogens is 534 g/mol. The molecule has 2 saturated carbocycles. The van der Waals surface area contributed by atoms with Gasteiger partial charge in [-0.2, -0.15) is 5.10 Å². The van der Waals surface area contributed by atoms with E-state index in [0.29, 0.717) is 41.4 Å². The maximum Gasteiger partial charge on any atom is 0.262 e. The van der Waals surface area contributed by atoms with Gasteiger partial charge in [0, 0.05) is 43.7 Å². The number of thiophene rings is 1. The molecule has 0 aliphatic heterocycles. The lowest BCUT2D eigenvalue weighted by Crippen LogP contribution is -2.55. The first-order valence-corrected chi connectivity index (χ1v) is 13.6. The fourth-order valence-corrected chi connectivity index (χ4v) is 6.65. The lowest BCUT2D eigenvalue weighted by molar-refractivity contribution is -0.207. The van der Waals surface area contributed by atoms with Crippen LogP contribution in [-0.2, 0) is 18.4 Å². The average molecular weight is 563 g/mol. The minimum Gasteiger partial charge on any atom is -0.379 e. The maximum absolute atomic E-state index is 13.4. The number of hydrogen-bond acceptors (Lipinski definition) is 6. The molecule has 0 bridgehead atoms. The minimum absolute atomic E-state index is 0.0772. The van der Waals surface area contributed by atoms with Gasteiger partial charge in [-0.15, -0.1) is 11.3 Å². The van der Waals surface area contributed by atoms with Gasteiger partial charge >= 0.3 is 0 Å². The van der Waals surface area contributed by atoms with E-state index in [1.165, 1.54) is 17.5 Å². The van der Waals surface area contributed by atoms with Crippen molar-refractivity contribution in [3.8, 4) is 0 Å². The topological polar surface area (TPSA) is 101 Å². The highest BCUT2D eigenvalue weighted by Crippen LogP contribution is 2.65. The molecule has 38 heavy (non-hydrogen) atoms. The highest BCUT2D eigenvalue weighted by molar-refractivity contribution is 7.14. The summed E-state index contributed by atoms with van der Waals surface area (Å²) in [6, 6.07) is 4.59. The smallest absolute Gasteiger partial charge is 0.262 e. The van der Waals surface area contributed by atoms with Gasteiger partial charge in [0.2, 0.25) is 11.8 Å². The number of hydrogen-bond donors (Lipinski definition) is 3. The Bertz CT molecular complexity index is 1340. The van der Waals surface area contributed by atoms with Crippen LogP contribution in [-0.4, -0.2) is 38.5 Å². The molecular formula is C26H29ClF2N6O2S. The van der Waals surface area contributed by atoms with Crippen LogP contribution in [0.2, 0.25) is 5.02 Å². The summed E-state index contributed by atoms with van der Waals surface area (Å²) in [7, 11) is 1.74. The Hall–Kier alpha value is -3.05. The summed E-state index contributed by atoms with van der Waals surface area (Å²) in [6.07, 6.45) is 6.33. The van der Waals surface area contributed by atoms with E-state index in [1.54, 1.807) is 36.3 Å². The molecule has 1 unspecified atom stereocenters. The van der Waals surface area contributed by atoms with Crippen LogP contribution in [0.1, 0.15) is 52.3 Å². The Kier molecular flexibility index (Phi) is 7.17. The lowest BCUT2D eigenvalue weighted by atomic mass is 9.49. The number of rotatable bonds is 9. The van der Waals surface area contributed by atoms with Crippen LogP contribution in [0.25, 0.3) is 0 Å². The summed E-state index contributed by atoms with van der Waals surface area (Å²) in [5, 5.41) is 13.6. The molecule has 2 aliphatic rings. The Labute approximate surface area is 228 Å². The number of alkyl halides is 2. The highest BCUT2D eigenvalue weighted by atomic mass is 35.5. The summed E-state index contributed by atoms with van der Waals surface area (Å²) in [6.45, 7) is 2.36. The van der Waals surface area contributed by atoms with Gasteiger partial charge in [-0.3, -0.25) is 19.3 Å². The molecule has 1 atom stereocenters. The molecule has 3 aromatic heterocycles. The number of pyridine rings is 1. The number of nitrogens with zero attached hydrogens (tertiary/aromatic N) is 3. The third kappa shape index (κ3) is 5.99. The summed E-state index contributed by atoms with van der Waals surface area (Å²) in [5.74, 6) is -3.16. The zero-order valence-electron chi connectivity index (χ0n) is 21.1. The third-order valence-corrected chi connectivity index (χ3v) is 8.56. The van der Waals surface area contributed by atoms with Gasteiger partial charge in [0.15, 0.2) is 0 Å². The fourth-order valence-electron chi connectivity index (χ4n) is 5.64. The molecule has 2 aliphatic carbocycles. The van der Waals surface area contributed by atoms with E-state index in [9.17, 15) is 18.4 Å². The average Bonchev–Trinajstić information content (AvgIpc) is 3.45. The van der Waals surface area contributed by atoms with Gasteiger partial charge in [-0.05, 0) is 55.7 Å². The number of halogens is 3. The van der Waals surface area contributed by atoms with Gasteiger partial charge in [-0.1, -0.05) is 11.6 Å². The van der Waals surface area contributed by atoms with Gasteiger partial charge in [0.25, 0.3) is 5.91 Å². The SMILES string of the molecule is Cc1ncc(Cl)cc1NCc1ccc(C(=O)NC(CC2CC3(C2)CC(F)(F)C3)C(=O)Nc2cnn(C)c2)s1. The standard InChI is InChI=1S/C26H29ClF2N6O2S/c1-15-20(6-17(27)9-30-15)31-11-19-3-4-22(38-19)24(37)34-21(23(36)33-18-10-32-35(2)12-18)5-16-7-25(8-16)13-26(28,29)14-25/h3-4,6,9-10,12,16,21,31H,5,7-8,11,13-14H2,1-2H3,(H,33,36)(H,34,37). The van der Waals surface area contributed by atoms with Crippen LogP contribution >= 0.6 is 22.9 Å². The maximum atomic E-state index is 13.4. The summed E-state index contributed by atoms with van der Waals surface area (Å²) in [5.41, 5.74) is 1.85. The van der Waals surface area contributed by atoms with Gasteiger partial charge < -0.3 is 16.0 Å². The van der Waals surface area contributed by atoms with Crippen LogP contribution in [0.15, 0.2) is 36.8 Å². The van der Waals surface area contributed by atoms with Crippen molar-refractivity contribution in [3.63, 3.8) is 0 Å². The highest BCUT2D eigenvalue weighted by Gasteiger charge is 2.61. The third-order valence-electron chi connectivity index (χ3n) is 7.27. The molecule has 8 nitrogen and oxygen atoms in total. The number of anilines is 2. The van der Waals surface area contributed by atoms with E-state index in [0.717, 1.165) is 16.3 Å². The quantitative estimate of drug-likeness (QED) is 0.324. The molecule has 202 valence electrons. The van der Waals surface area contributed by atoms with Crippen LogP contribution in [0.3, 0.4) is 0 Å². The molecule has 3 N–H and O–H groups in total. The van der Waals surface area contributed by atoms with Crippen molar-refractivity contribution in [1.82, 2.24) is 20.1 Å². The van der Waals surface area contributed by atoms with E-state index in [1.807, 2.05) is 13.0 Å². The van der Waals surface area contributed by atoms with Crippen LogP contribution in [0.4, 0.5) is 20.2 Å². The number of carbonyl (C=O) groups is 2. The van der Waals surface area contributed by atoms with Crippen LogP contribution in [0.5, 0.6) is 0 Å². The van der Waals surface area contributed by atoms with Crippen molar-refractivity contribution >= 4 is 46.1 Å². The predicted molar refractivity (Wildman–Crippen MR) is 143 cm³/mol. The number of amides is 2. The first-order chi connectivity index (χ1) is 18.0. The zero-order valence-corrected chi connectivity index (χ0v) is 22.6. The Morgan fingerprint density at radius 2 is 2.03 bits per heavy atom. The Morgan fingerprint density at radius 3 is 2.71 bits per heavy atom. The second-order valence-electron chi connectivity index (χ2n) is 10.5. The lowest BCUT2D eigenvalue weighted by Gasteiger charge is -2.57. The Balaban J connectivity index is 1.21. The van der Waals surface area contributed by atoms with E-state index in [-0.39, 0.29) is 36.0 Å². The minimum atomic E-state index is -2.57. The van der Waals surface area contributed by atoms with E-state index in [4.69, 9.17) is 11.6 Å². The number of carbonyl (C=O) groups excluding carboxylic acids is 2.